The van der Waals surface area contributed by atoms with E-state index in [0.29, 0.717) is 17.0 Å². The molecule has 0 aliphatic carbocycles. The van der Waals surface area contributed by atoms with Crippen LogP contribution in [0.1, 0.15) is 5.56 Å². The molecule has 0 atom stereocenters. The number of carbonyl (C=O) groups is 1. The number of ether oxygens (including phenoxy) is 1. The first kappa shape index (κ1) is 18.9. The Bertz CT molecular complexity index is 1530. The third-order valence-corrected chi connectivity index (χ3v) is 5.40. The van der Waals surface area contributed by atoms with Gasteiger partial charge in [-0.05, 0) is 55.5 Å². The van der Waals surface area contributed by atoms with Gasteiger partial charge >= 0.3 is 0 Å². The predicted molar refractivity (Wildman–Crippen MR) is 122 cm³/mol. The Morgan fingerprint density at radius 3 is 2.68 bits per heavy atom. The van der Waals surface area contributed by atoms with Crippen LogP contribution in [0.3, 0.4) is 0 Å². The molecule has 2 aromatic heterocycles. The quantitative estimate of drug-likeness (QED) is 0.462. The van der Waals surface area contributed by atoms with Gasteiger partial charge in [0.05, 0.1) is 5.52 Å². The second-order valence-corrected chi connectivity index (χ2v) is 7.56. The molecular weight excluding hydrogens is 392 g/mol. The van der Waals surface area contributed by atoms with E-state index in [9.17, 15) is 9.59 Å². The molecule has 0 bridgehead atoms. The number of furan rings is 1. The Morgan fingerprint density at radius 1 is 1.00 bits per heavy atom. The lowest BCUT2D eigenvalue weighted by Crippen LogP contribution is -2.21. The van der Waals surface area contributed by atoms with Crippen LogP contribution in [0, 0.1) is 6.92 Å². The van der Waals surface area contributed by atoms with Crippen molar-refractivity contribution in [2.45, 2.75) is 6.92 Å². The summed E-state index contributed by atoms with van der Waals surface area (Å²) >= 11 is 0. The summed E-state index contributed by atoms with van der Waals surface area (Å²) in [7, 11) is 1.74. The zero-order valence-corrected chi connectivity index (χ0v) is 17.1. The number of amides is 1. The highest BCUT2D eigenvalue weighted by molar-refractivity contribution is 6.05. The average Bonchev–Trinajstić information content (AvgIpc) is 3.14. The van der Waals surface area contributed by atoms with Crippen LogP contribution in [0.25, 0.3) is 32.8 Å². The predicted octanol–water partition coefficient (Wildman–Crippen LogP) is 4.76. The molecule has 3 aromatic carbocycles. The fraction of sp³-hybridized carbons (Fsp3) is 0.120. The third-order valence-electron chi connectivity index (χ3n) is 5.40. The lowest BCUT2D eigenvalue weighted by atomic mass is 10.1. The van der Waals surface area contributed by atoms with Crippen molar-refractivity contribution in [1.82, 2.24) is 4.57 Å². The van der Waals surface area contributed by atoms with Crippen molar-refractivity contribution in [2.24, 2.45) is 7.05 Å². The molecule has 31 heavy (non-hydrogen) atoms. The molecule has 5 aromatic rings. The molecule has 0 saturated heterocycles. The van der Waals surface area contributed by atoms with Gasteiger partial charge in [0.1, 0.15) is 16.9 Å². The molecule has 2 heterocycles. The number of anilines is 1. The summed E-state index contributed by atoms with van der Waals surface area (Å²) in [5.74, 6) is 0.330. The Hall–Kier alpha value is -4.06. The topological polar surface area (TPSA) is 73.5 Å². The van der Waals surface area contributed by atoms with Crippen LogP contribution >= 0.6 is 0 Å². The summed E-state index contributed by atoms with van der Waals surface area (Å²) < 4.78 is 13.1. The van der Waals surface area contributed by atoms with Gasteiger partial charge in [-0.15, -0.1) is 0 Å². The Morgan fingerprint density at radius 2 is 1.81 bits per heavy atom. The Kier molecular flexibility index (Phi) is 4.47. The Balaban J connectivity index is 1.32. The van der Waals surface area contributed by atoms with E-state index in [2.05, 4.69) is 5.32 Å². The number of pyridine rings is 1. The van der Waals surface area contributed by atoms with Crippen LogP contribution in [0.4, 0.5) is 5.69 Å². The maximum absolute atomic E-state index is 12.4. The van der Waals surface area contributed by atoms with E-state index in [1.54, 1.807) is 30.7 Å². The van der Waals surface area contributed by atoms with E-state index in [-0.39, 0.29) is 18.1 Å². The van der Waals surface area contributed by atoms with Gasteiger partial charge in [-0.2, -0.15) is 0 Å². The number of rotatable bonds is 4. The van der Waals surface area contributed by atoms with Gasteiger partial charge in [0, 0.05) is 34.5 Å². The minimum atomic E-state index is -0.266. The molecule has 1 amide bonds. The number of nitrogens with zero attached hydrogens (tertiary/aromatic N) is 1. The number of benzene rings is 3. The molecule has 154 valence electrons. The zero-order chi connectivity index (χ0) is 21.5. The number of nitrogens with one attached hydrogen (secondary N) is 1. The normalized spacial score (nSPS) is 11.3. The first-order valence-electron chi connectivity index (χ1n) is 9.94. The maximum Gasteiger partial charge on any atom is 0.262 e. The van der Waals surface area contributed by atoms with E-state index in [1.807, 2.05) is 54.6 Å². The van der Waals surface area contributed by atoms with E-state index in [4.69, 9.17) is 9.15 Å². The summed E-state index contributed by atoms with van der Waals surface area (Å²) in [5.41, 5.74) is 3.68. The molecule has 0 aliphatic rings. The lowest BCUT2D eigenvalue weighted by molar-refractivity contribution is -0.118. The SMILES string of the molecule is Cc1cc2cc(NC(=O)COc3ccc4oc5ccccc5c4c3)ccc2n(C)c1=O. The van der Waals surface area contributed by atoms with Gasteiger partial charge in [0.25, 0.3) is 11.5 Å². The monoisotopic (exact) mass is 412 g/mol. The molecule has 1 N–H and O–H groups in total. The molecule has 0 unspecified atom stereocenters. The molecular formula is C25H20N2O4. The van der Waals surface area contributed by atoms with Crippen molar-refractivity contribution >= 4 is 44.4 Å². The van der Waals surface area contributed by atoms with Crippen molar-refractivity contribution in [3.8, 4) is 5.75 Å². The van der Waals surface area contributed by atoms with Gasteiger partial charge in [-0.1, -0.05) is 18.2 Å². The summed E-state index contributed by atoms with van der Waals surface area (Å²) in [6, 6.07) is 20.6. The number of aryl methyl sites for hydroxylation is 2. The Labute approximate surface area is 177 Å². The van der Waals surface area contributed by atoms with Gasteiger partial charge in [-0.3, -0.25) is 9.59 Å². The van der Waals surface area contributed by atoms with Crippen LogP contribution in [-0.2, 0) is 11.8 Å². The van der Waals surface area contributed by atoms with Crippen molar-refractivity contribution in [3.63, 3.8) is 0 Å². The molecule has 0 fully saturated rings. The van der Waals surface area contributed by atoms with Crippen LogP contribution in [0.15, 0.2) is 75.9 Å². The molecule has 0 radical (unpaired) electrons. The summed E-state index contributed by atoms with van der Waals surface area (Å²) in [5, 5.41) is 5.69. The second kappa shape index (κ2) is 7.32. The van der Waals surface area contributed by atoms with E-state index in [0.717, 1.165) is 32.8 Å². The summed E-state index contributed by atoms with van der Waals surface area (Å²) in [4.78, 5) is 24.5. The number of para-hydroxylation sites is 1. The zero-order valence-electron chi connectivity index (χ0n) is 17.1. The molecule has 0 spiro atoms. The van der Waals surface area contributed by atoms with Crippen molar-refractivity contribution < 1.29 is 13.9 Å². The second-order valence-electron chi connectivity index (χ2n) is 7.56. The molecule has 0 saturated carbocycles. The minimum Gasteiger partial charge on any atom is -0.484 e. The van der Waals surface area contributed by atoms with Crippen LogP contribution in [-0.4, -0.2) is 17.1 Å². The average molecular weight is 412 g/mol. The van der Waals surface area contributed by atoms with E-state index in [1.165, 1.54) is 0 Å². The number of aromatic nitrogens is 1. The van der Waals surface area contributed by atoms with Gasteiger partial charge in [0.2, 0.25) is 0 Å². The standard InChI is InChI=1S/C25H20N2O4/c1-15-11-16-12-17(7-9-21(16)27(2)25(15)29)26-24(28)14-30-18-8-10-23-20(13-18)19-5-3-4-6-22(19)31-23/h3-13H,14H2,1-2H3,(H,26,28). The number of hydrogen-bond donors (Lipinski definition) is 1. The van der Waals surface area contributed by atoms with Crippen molar-refractivity contribution in [1.29, 1.82) is 0 Å². The number of fused-ring (bicyclic) bond motifs is 4. The molecule has 0 aliphatic heterocycles. The molecule has 6 heteroatoms. The summed E-state index contributed by atoms with van der Waals surface area (Å²) in [6.45, 7) is 1.66. The fourth-order valence-electron chi connectivity index (χ4n) is 3.86. The lowest BCUT2D eigenvalue weighted by Gasteiger charge is -2.10. The molecule has 5 rings (SSSR count). The fourth-order valence-corrected chi connectivity index (χ4v) is 3.86. The van der Waals surface area contributed by atoms with Gasteiger partial charge < -0.3 is 19.0 Å². The van der Waals surface area contributed by atoms with E-state index >= 15 is 0 Å². The highest BCUT2D eigenvalue weighted by Crippen LogP contribution is 2.31. The highest BCUT2D eigenvalue weighted by Gasteiger charge is 2.10. The van der Waals surface area contributed by atoms with Crippen LogP contribution in [0.2, 0.25) is 0 Å². The smallest absolute Gasteiger partial charge is 0.262 e. The first-order valence-corrected chi connectivity index (χ1v) is 9.94. The first-order chi connectivity index (χ1) is 15.0. The summed E-state index contributed by atoms with van der Waals surface area (Å²) in [6.07, 6.45) is 0. The highest BCUT2D eigenvalue weighted by atomic mass is 16.5. The van der Waals surface area contributed by atoms with Crippen molar-refractivity contribution in [2.75, 3.05) is 11.9 Å². The van der Waals surface area contributed by atoms with Gasteiger partial charge in [-0.25, -0.2) is 0 Å². The van der Waals surface area contributed by atoms with Crippen molar-refractivity contribution in [3.05, 3.63) is 82.6 Å². The van der Waals surface area contributed by atoms with Crippen LogP contribution in [0.5, 0.6) is 5.75 Å². The van der Waals surface area contributed by atoms with Crippen LogP contribution < -0.4 is 15.6 Å². The number of hydrogen-bond acceptors (Lipinski definition) is 4. The minimum absolute atomic E-state index is 0.0277. The maximum atomic E-state index is 12.4. The van der Waals surface area contributed by atoms with Gasteiger partial charge in [0.15, 0.2) is 6.61 Å². The van der Waals surface area contributed by atoms with E-state index < -0.39 is 0 Å². The molecule has 6 nitrogen and oxygen atoms in total. The largest absolute Gasteiger partial charge is 0.484 e. The number of carbonyl (C=O) groups excluding carboxylic acids is 1. The third kappa shape index (κ3) is 3.42.